The van der Waals surface area contributed by atoms with Gasteiger partial charge in [-0.15, -0.1) is 12.4 Å². The number of nitrogens with zero attached hydrogens (tertiary/aromatic N) is 1. The topological polar surface area (TPSA) is 29.5 Å². The molecule has 0 N–H and O–H groups in total. The van der Waals surface area contributed by atoms with Gasteiger partial charge in [0.15, 0.2) is 0 Å². The smallest absolute Gasteiger partial charge is 0.309 e. The molecule has 3 rings (SSSR count). The van der Waals surface area contributed by atoms with Gasteiger partial charge in [0.05, 0.1) is 12.5 Å². The van der Waals surface area contributed by atoms with Gasteiger partial charge < -0.3 is 4.74 Å². The zero-order chi connectivity index (χ0) is 13.9. The Morgan fingerprint density at radius 2 is 1.81 bits per heavy atom. The van der Waals surface area contributed by atoms with Crippen molar-refractivity contribution in [3.63, 3.8) is 0 Å². The molecule has 1 aromatic carbocycles. The van der Waals surface area contributed by atoms with E-state index in [4.69, 9.17) is 4.74 Å². The summed E-state index contributed by atoms with van der Waals surface area (Å²) in [5, 5.41) is 0. The van der Waals surface area contributed by atoms with Crippen LogP contribution in [0.5, 0.6) is 0 Å². The van der Waals surface area contributed by atoms with Crippen molar-refractivity contribution >= 4 is 18.4 Å². The predicted octanol–water partition coefficient (Wildman–Crippen LogP) is 3.41. The molecule has 3 nitrogen and oxygen atoms in total. The molecular weight excluding hydrogens is 286 g/mol. The lowest BCUT2D eigenvalue weighted by Gasteiger charge is -2.38. The van der Waals surface area contributed by atoms with Gasteiger partial charge >= 0.3 is 5.97 Å². The molecule has 0 aliphatic carbocycles. The Bertz CT molecular complexity index is 451. The molecule has 1 aromatic rings. The number of carbonyl (C=O) groups excluding carboxylic acids is 1. The highest BCUT2D eigenvalue weighted by atomic mass is 35.5. The zero-order valence-corrected chi connectivity index (χ0v) is 13.3. The average Bonchev–Trinajstić information content (AvgIpc) is 2.71. The molecule has 0 aromatic heterocycles. The van der Waals surface area contributed by atoms with Crippen LogP contribution in [0.3, 0.4) is 0 Å². The SMILES string of the molecule is CCOC(=O)C1CC2CCC(C1)N2Cc1ccccc1.Cl. The van der Waals surface area contributed by atoms with Gasteiger partial charge in [0.1, 0.15) is 0 Å². The minimum absolute atomic E-state index is 0. The fourth-order valence-electron chi connectivity index (χ4n) is 3.78. The van der Waals surface area contributed by atoms with Gasteiger partial charge in [-0.1, -0.05) is 30.3 Å². The summed E-state index contributed by atoms with van der Waals surface area (Å²) in [5.74, 6) is 0.142. The second-order valence-electron chi connectivity index (χ2n) is 5.96. The van der Waals surface area contributed by atoms with E-state index in [1.807, 2.05) is 6.92 Å². The van der Waals surface area contributed by atoms with Crippen LogP contribution in [0.15, 0.2) is 30.3 Å². The number of fused-ring (bicyclic) bond motifs is 2. The van der Waals surface area contributed by atoms with Crippen molar-refractivity contribution in [3.8, 4) is 0 Å². The van der Waals surface area contributed by atoms with Gasteiger partial charge in [-0.3, -0.25) is 9.69 Å². The Morgan fingerprint density at radius 3 is 2.38 bits per heavy atom. The van der Waals surface area contributed by atoms with Crippen molar-refractivity contribution in [2.24, 2.45) is 5.92 Å². The first-order valence-corrected chi connectivity index (χ1v) is 7.74. The molecule has 0 amide bonds. The number of piperidine rings is 1. The Morgan fingerprint density at radius 1 is 1.19 bits per heavy atom. The number of halogens is 1. The highest BCUT2D eigenvalue weighted by molar-refractivity contribution is 5.85. The van der Waals surface area contributed by atoms with Crippen LogP contribution in [0.4, 0.5) is 0 Å². The van der Waals surface area contributed by atoms with Crippen LogP contribution in [0.2, 0.25) is 0 Å². The van der Waals surface area contributed by atoms with Crippen LogP contribution in [0, 0.1) is 5.92 Å². The summed E-state index contributed by atoms with van der Waals surface area (Å²) in [7, 11) is 0. The molecule has 0 radical (unpaired) electrons. The number of ether oxygens (including phenoxy) is 1. The summed E-state index contributed by atoms with van der Waals surface area (Å²) in [5.41, 5.74) is 1.37. The summed E-state index contributed by atoms with van der Waals surface area (Å²) in [4.78, 5) is 14.5. The normalized spacial score (nSPS) is 28.0. The lowest BCUT2D eigenvalue weighted by molar-refractivity contribution is -0.150. The molecule has 2 aliphatic heterocycles. The van der Waals surface area contributed by atoms with E-state index < -0.39 is 0 Å². The number of carbonyl (C=O) groups is 1. The van der Waals surface area contributed by atoms with E-state index in [0.717, 1.165) is 19.4 Å². The van der Waals surface area contributed by atoms with Gasteiger partial charge in [0.25, 0.3) is 0 Å². The highest BCUT2D eigenvalue weighted by Gasteiger charge is 2.43. The number of hydrogen-bond acceptors (Lipinski definition) is 3. The van der Waals surface area contributed by atoms with Crippen LogP contribution >= 0.6 is 12.4 Å². The average molecular weight is 310 g/mol. The maximum atomic E-state index is 11.9. The molecule has 4 heteroatoms. The molecule has 116 valence electrons. The first-order valence-electron chi connectivity index (χ1n) is 7.74. The predicted molar refractivity (Wildman–Crippen MR) is 85.4 cm³/mol. The molecule has 2 atom stereocenters. The van der Waals surface area contributed by atoms with Crippen molar-refractivity contribution in [2.75, 3.05) is 6.61 Å². The maximum absolute atomic E-state index is 11.9. The Kier molecular flexibility index (Phi) is 5.65. The van der Waals surface area contributed by atoms with E-state index in [0.29, 0.717) is 18.7 Å². The standard InChI is InChI=1S/C17H23NO2.ClH/c1-2-20-17(19)14-10-15-8-9-16(11-14)18(15)12-13-6-4-3-5-7-13;/h3-7,14-16H,2,8-12H2,1H3;1H. The van der Waals surface area contributed by atoms with E-state index in [1.54, 1.807) is 0 Å². The summed E-state index contributed by atoms with van der Waals surface area (Å²) in [6.07, 6.45) is 4.41. The molecule has 2 fully saturated rings. The van der Waals surface area contributed by atoms with Gasteiger partial charge in [-0.2, -0.15) is 0 Å². The van der Waals surface area contributed by atoms with Crippen LogP contribution in [0.1, 0.15) is 38.2 Å². The molecule has 0 spiro atoms. The largest absolute Gasteiger partial charge is 0.466 e. The molecule has 2 aliphatic rings. The lowest BCUT2D eigenvalue weighted by atomic mass is 9.90. The molecule has 2 heterocycles. The quantitative estimate of drug-likeness (QED) is 0.798. The minimum atomic E-state index is 0. The van der Waals surface area contributed by atoms with Crippen molar-refractivity contribution in [1.29, 1.82) is 0 Å². The van der Waals surface area contributed by atoms with Crippen LogP contribution in [-0.4, -0.2) is 29.6 Å². The Labute approximate surface area is 133 Å². The van der Waals surface area contributed by atoms with E-state index in [1.165, 1.54) is 18.4 Å². The van der Waals surface area contributed by atoms with Crippen molar-refractivity contribution in [2.45, 2.75) is 51.2 Å². The van der Waals surface area contributed by atoms with E-state index in [-0.39, 0.29) is 24.3 Å². The van der Waals surface area contributed by atoms with Gasteiger partial charge in [0.2, 0.25) is 0 Å². The van der Waals surface area contributed by atoms with Gasteiger partial charge in [-0.25, -0.2) is 0 Å². The third kappa shape index (κ3) is 3.58. The van der Waals surface area contributed by atoms with Crippen molar-refractivity contribution < 1.29 is 9.53 Å². The second kappa shape index (κ2) is 7.28. The molecule has 2 unspecified atom stereocenters. The Balaban J connectivity index is 0.00000161. The Hall–Kier alpha value is -1.06. The second-order valence-corrected chi connectivity index (χ2v) is 5.96. The number of esters is 1. The number of rotatable bonds is 4. The first kappa shape index (κ1) is 16.3. The molecule has 0 saturated carbocycles. The maximum Gasteiger partial charge on any atom is 0.309 e. The van der Waals surface area contributed by atoms with Crippen LogP contribution in [0.25, 0.3) is 0 Å². The minimum Gasteiger partial charge on any atom is -0.466 e. The van der Waals surface area contributed by atoms with E-state index in [9.17, 15) is 4.79 Å². The monoisotopic (exact) mass is 309 g/mol. The van der Waals surface area contributed by atoms with E-state index in [2.05, 4.69) is 35.2 Å². The van der Waals surface area contributed by atoms with Crippen LogP contribution < -0.4 is 0 Å². The summed E-state index contributed by atoms with van der Waals surface area (Å²) < 4.78 is 5.20. The highest BCUT2D eigenvalue weighted by Crippen LogP contribution is 2.39. The molecule has 21 heavy (non-hydrogen) atoms. The lowest BCUT2D eigenvalue weighted by Crippen LogP contribution is -2.44. The third-order valence-corrected chi connectivity index (χ3v) is 4.71. The molecule has 2 saturated heterocycles. The summed E-state index contributed by atoms with van der Waals surface area (Å²) in [6.45, 7) is 3.40. The first-order chi connectivity index (χ1) is 9.78. The summed E-state index contributed by atoms with van der Waals surface area (Å²) in [6, 6.07) is 11.8. The van der Waals surface area contributed by atoms with Gasteiger partial charge in [0, 0.05) is 18.6 Å². The summed E-state index contributed by atoms with van der Waals surface area (Å²) >= 11 is 0. The van der Waals surface area contributed by atoms with Gasteiger partial charge in [-0.05, 0) is 38.2 Å². The van der Waals surface area contributed by atoms with Crippen molar-refractivity contribution in [3.05, 3.63) is 35.9 Å². The van der Waals surface area contributed by atoms with Crippen molar-refractivity contribution in [1.82, 2.24) is 4.90 Å². The molecular formula is C17H24ClNO2. The molecule has 2 bridgehead atoms. The number of hydrogen-bond donors (Lipinski definition) is 0. The third-order valence-electron chi connectivity index (χ3n) is 4.71. The fourth-order valence-corrected chi connectivity index (χ4v) is 3.78. The van der Waals surface area contributed by atoms with Crippen LogP contribution in [-0.2, 0) is 16.1 Å². The number of benzene rings is 1. The van der Waals surface area contributed by atoms with E-state index >= 15 is 0 Å². The fraction of sp³-hybridized carbons (Fsp3) is 0.588. The zero-order valence-electron chi connectivity index (χ0n) is 12.5.